The number of nitrogens with zero attached hydrogens (tertiary/aromatic N) is 2. The van der Waals surface area contributed by atoms with Crippen molar-refractivity contribution in [1.29, 1.82) is 0 Å². The van der Waals surface area contributed by atoms with E-state index < -0.39 is 18.6 Å². The van der Waals surface area contributed by atoms with Gasteiger partial charge in [0.15, 0.2) is 0 Å². The van der Waals surface area contributed by atoms with Gasteiger partial charge in [-0.1, -0.05) is 62.2 Å². The van der Waals surface area contributed by atoms with Gasteiger partial charge in [-0.25, -0.2) is 0 Å². The Kier molecular flexibility index (Phi) is 5.61. The Hall–Kier alpha value is -2.66. The second-order valence-corrected chi connectivity index (χ2v) is 7.09. The van der Waals surface area contributed by atoms with Gasteiger partial charge in [-0.15, -0.1) is 0 Å². The van der Waals surface area contributed by atoms with Crippen LogP contribution in [0.1, 0.15) is 31.4 Å². The van der Waals surface area contributed by atoms with Gasteiger partial charge >= 0.3 is 5.97 Å². The average molecular weight is 385 g/mol. The van der Waals surface area contributed by atoms with Crippen LogP contribution in [-0.2, 0) is 9.59 Å². The summed E-state index contributed by atoms with van der Waals surface area (Å²) in [6.45, 7) is 3.51. The van der Waals surface area contributed by atoms with Crippen LogP contribution in [0.4, 0.5) is 5.69 Å². The summed E-state index contributed by atoms with van der Waals surface area (Å²) in [6.07, 6.45) is 0.750. The quantitative estimate of drug-likeness (QED) is 0.846. The van der Waals surface area contributed by atoms with Crippen LogP contribution >= 0.6 is 11.6 Å². The third-order valence-corrected chi connectivity index (χ3v) is 5.05. The molecule has 0 unspecified atom stereocenters. The molecule has 0 aliphatic carbocycles. The molecule has 1 heterocycles. The van der Waals surface area contributed by atoms with Gasteiger partial charge in [0.25, 0.3) is 5.91 Å². The first kappa shape index (κ1) is 19.1. The summed E-state index contributed by atoms with van der Waals surface area (Å²) in [5.74, 6) is -1.43. The number of hydrogen-bond donors (Lipinski definition) is 1. The molecule has 6 heteroatoms. The zero-order valence-corrected chi connectivity index (χ0v) is 16.0. The van der Waals surface area contributed by atoms with Crippen LogP contribution in [0.25, 0.3) is 0 Å². The van der Waals surface area contributed by atoms with Crippen molar-refractivity contribution < 1.29 is 14.7 Å². The Bertz CT molecular complexity index is 896. The Labute approximate surface area is 163 Å². The third-order valence-electron chi connectivity index (χ3n) is 4.82. The van der Waals surface area contributed by atoms with Crippen molar-refractivity contribution in [2.45, 2.75) is 26.3 Å². The number of halogens is 1. The molecule has 1 amide bonds. The highest BCUT2D eigenvalue weighted by Gasteiger charge is 2.35. The molecule has 3 rings (SSSR count). The van der Waals surface area contributed by atoms with Crippen LogP contribution in [0.3, 0.4) is 0 Å². The lowest BCUT2D eigenvalue weighted by Gasteiger charge is -2.25. The van der Waals surface area contributed by atoms with Crippen molar-refractivity contribution >= 4 is 34.9 Å². The summed E-state index contributed by atoms with van der Waals surface area (Å²) in [5.41, 5.74) is 2.72. The van der Waals surface area contributed by atoms with Crippen LogP contribution in [0, 0.1) is 5.92 Å². The molecule has 5 nitrogen and oxygen atoms in total. The van der Waals surface area contributed by atoms with Crippen LogP contribution < -0.4 is 4.90 Å². The zero-order valence-electron chi connectivity index (χ0n) is 15.2. The fraction of sp³-hybridized carbons (Fsp3) is 0.286. The van der Waals surface area contributed by atoms with Crippen molar-refractivity contribution in [1.82, 2.24) is 0 Å². The maximum Gasteiger partial charge on any atom is 0.323 e. The highest BCUT2D eigenvalue weighted by Crippen LogP contribution is 2.33. The molecule has 0 radical (unpaired) electrons. The molecule has 0 spiro atoms. The number of benzodiazepines with no additional fused rings is 1. The van der Waals surface area contributed by atoms with Crippen LogP contribution in [0.15, 0.2) is 53.5 Å². The van der Waals surface area contributed by atoms with Crippen molar-refractivity contribution in [3.63, 3.8) is 0 Å². The van der Waals surface area contributed by atoms with Crippen molar-refractivity contribution in [3.8, 4) is 0 Å². The lowest BCUT2D eigenvalue weighted by atomic mass is 9.98. The Balaban J connectivity index is 2.27. The number of amides is 1. The largest absolute Gasteiger partial charge is 0.480 e. The topological polar surface area (TPSA) is 70.0 Å². The number of carboxylic acids is 1. The van der Waals surface area contributed by atoms with E-state index in [1.165, 1.54) is 4.90 Å². The fourth-order valence-electron chi connectivity index (χ4n) is 3.19. The lowest BCUT2D eigenvalue weighted by Crippen LogP contribution is -2.43. The number of carboxylic acid groups (broad SMARTS) is 1. The number of fused-ring (bicyclic) bond motifs is 1. The normalized spacial score (nSPS) is 17.7. The number of anilines is 1. The molecule has 0 saturated carbocycles. The summed E-state index contributed by atoms with van der Waals surface area (Å²) in [7, 11) is 0. The molecular weight excluding hydrogens is 364 g/mol. The van der Waals surface area contributed by atoms with Gasteiger partial charge in [0.05, 0.1) is 11.4 Å². The van der Waals surface area contributed by atoms with E-state index in [4.69, 9.17) is 16.6 Å². The van der Waals surface area contributed by atoms with Crippen LogP contribution in [0.5, 0.6) is 0 Å². The first-order chi connectivity index (χ1) is 12.9. The van der Waals surface area contributed by atoms with Gasteiger partial charge in [0, 0.05) is 16.1 Å². The van der Waals surface area contributed by atoms with Gasteiger partial charge in [0.2, 0.25) is 0 Å². The molecule has 0 aromatic heterocycles. The van der Waals surface area contributed by atoms with Crippen molar-refractivity contribution in [2.75, 3.05) is 11.4 Å². The fourth-order valence-corrected chi connectivity index (χ4v) is 3.36. The summed E-state index contributed by atoms with van der Waals surface area (Å²) in [5, 5.41) is 9.81. The molecule has 0 fully saturated rings. The predicted molar refractivity (Wildman–Crippen MR) is 107 cm³/mol. The molecule has 2 aromatic carbocycles. The number of carbonyl (C=O) groups is 2. The number of benzene rings is 2. The lowest BCUT2D eigenvalue weighted by molar-refractivity contribution is -0.136. The maximum atomic E-state index is 13.2. The van der Waals surface area contributed by atoms with Gasteiger partial charge in [-0.3, -0.25) is 19.5 Å². The number of carbonyl (C=O) groups excluding carboxylic acids is 1. The summed E-state index contributed by atoms with van der Waals surface area (Å²) in [4.78, 5) is 30.8. The zero-order chi connectivity index (χ0) is 19.6. The van der Waals surface area contributed by atoms with E-state index in [-0.39, 0.29) is 11.8 Å². The van der Waals surface area contributed by atoms with E-state index >= 15 is 0 Å². The number of aliphatic carboxylic acids is 1. The minimum Gasteiger partial charge on any atom is -0.480 e. The minimum absolute atomic E-state index is 0.0303. The van der Waals surface area contributed by atoms with E-state index in [0.29, 0.717) is 22.0 Å². The van der Waals surface area contributed by atoms with Crippen LogP contribution in [-0.4, -0.2) is 35.3 Å². The molecular formula is C21H21ClN2O3. The Morgan fingerprint density at radius 2 is 1.96 bits per heavy atom. The van der Waals surface area contributed by atoms with Gasteiger partial charge < -0.3 is 5.11 Å². The summed E-state index contributed by atoms with van der Waals surface area (Å²) in [6, 6.07) is 14.1. The molecule has 27 heavy (non-hydrogen) atoms. The van der Waals surface area contributed by atoms with E-state index in [9.17, 15) is 14.7 Å². The minimum atomic E-state index is -1.08. The van der Waals surface area contributed by atoms with Gasteiger partial charge in [-0.2, -0.15) is 0 Å². The number of aliphatic imine (C=N–C) groups is 1. The molecule has 1 N–H and O–H groups in total. The molecule has 1 aliphatic heterocycles. The van der Waals surface area contributed by atoms with Crippen LogP contribution in [0.2, 0.25) is 5.02 Å². The monoisotopic (exact) mass is 384 g/mol. The highest BCUT2D eigenvalue weighted by atomic mass is 35.5. The third kappa shape index (κ3) is 3.88. The SMILES string of the molecule is CC[C@H](C)[C@@H]1N=C(c2ccccc2)c2ccc(Cl)cc2N(CC(=O)O)C1=O. The maximum absolute atomic E-state index is 13.2. The predicted octanol–water partition coefficient (Wildman–Crippen LogP) is 4.02. The second-order valence-electron chi connectivity index (χ2n) is 6.65. The molecule has 2 aromatic rings. The van der Waals surface area contributed by atoms with E-state index in [1.54, 1.807) is 18.2 Å². The first-order valence-corrected chi connectivity index (χ1v) is 9.26. The van der Waals surface area contributed by atoms with Gasteiger partial charge in [0.1, 0.15) is 12.6 Å². The Morgan fingerprint density at radius 1 is 1.26 bits per heavy atom. The average Bonchev–Trinajstić information content (AvgIpc) is 2.77. The smallest absolute Gasteiger partial charge is 0.323 e. The molecule has 1 aliphatic rings. The standard InChI is InChI=1S/C21H21ClN2O3/c1-3-13(2)19-21(27)24(12-18(25)26)17-11-15(22)9-10-16(17)20(23-19)14-7-5-4-6-8-14/h4-11,13,19H,3,12H2,1-2H3,(H,25,26)/t13-,19-/m0/s1. The van der Waals surface area contributed by atoms with E-state index in [2.05, 4.69) is 0 Å². The number of hydrogen-bond acceptors (Lipinski definition) is 3. The second kappa shape index (κ2) is 7.92. The Morgan fingerprint density at radius 3 is 2.59 bits per heavy atom. The summed E-state index contributed by atoms with van der Waals surface area (Å²) >= 11 is 6.17. The van der Waals surface area contributed by atoms with E-state index in [1.807, 2.05) is 44.2 Å². The van der Waals surface area contributed by atoms with Crippen molar-refractivity contribution in [2.24, 2.45) is 10.9 Å². The van der Waals surface area contributed by atoms with Gasteiger partial charge in [-0.05, 0) is 24.1 Å². The molecule has 2 atom stereocenters. The van der Waals surface area contributed by atoms with Crippen molar-refractivity contribution in [3.05, 3.63) is 64.7 Å². The molecule has 0 bridgehead atoms. The molecule has 0 saturated heterocycles. The summed E-state index contributed by atoms with van der Waals surface area (Å²) < 4.78 is 0. The molecule has 140 valence electrons. The van der Waals surface area contributed by atoms with E-state index in [0.717, 1.165) is 12.0 Å². The highest BCUT2D eigenvalue weighted by molar-refractivity contribution is 6.31. The first-order valence-electron chi connectivity index (χ1n) is 8.88. The number of rotatable bonds is 5.